The van der Waals surface area contributed by atoms with Crippen LogP contribution in [0.25, 0.3) is 0 Å². The van der Waals surface area contributed by atoms with Gasteiger partial charge in [-0.25, -0.2) is 4.79 Å². The number of hydrogen-bond acceptors (Lipinski definition) is 4. The summed E-state index contributed by atoms with van der Waals surface area (Å²) in [4.78, 5) is 32.5. The third-order valence-electron chi connectivity index (χ3n) is 1.52. The first-order valence-electron chi connectivity index (χ1n) is 4.06. The second-order valence-electron chi connectivity index (χ2n) is 2.89. The Labute approximate surface area is 96.3 Å². The Hall–Kier alpha value is -0.660. The molecule has 1 unspecified atom stereocenters. The van der Waals surface area contributed by atoms with E-state index in [1.165, 1.54) is 36.9 Å². The molecule has 0 heterocycles. The first kappa shape index (κ1) is 13.3. The Bertz CT molecular complexity index is 241. The summed E-state index contributed by atoms with van der Waals surface area (Å²) in [7, 11) is 0. The van der Waals surface area contributed by atoms with Crippen molar-refractivity contribution in [3.63, 3.8) is 0 Å². The normalized spacial score (nSPS) is 11.6. The van der Waals surface area contributed by atoms with Gasteiger partial charge in [0, 0.05) is 13.3 Å². The van der Waals surface area contributed by atoms with E-state index in [1.54, 1.807) is 0 Å². The highest BCUT2D eigenvalue weighted by Crippen LogP contribution is 2.03. The maximum atomic E-state index is 11.1. The van der Waals surface area contributed by atoms with Gasteiger partial charge in [0.1, 0.15) is 11.8 Å². The van der Waals surface area contributed by atoms with Gasteiger partial charge in [0.15, 0.2) is 23.0 Å². The third kappa shape index (κ3) is 5.90. The first-order valence-corrected chi connectivity index (χ1v) is 4.94. The molecule has 0 bridgehead atoms. The van der Waals surface area contributed by atoms with Crippen LogP contribution in [0.2, 0.25) is 0 Å². The van der Waals surface area contributed by atoms with E-state index in [1.807, 2.05) is 0 Å². The number of carbonyl (C=O) groups excluding carboxylic acids is 3. The van der Waals surface area contributed by atoms with Crippen LogP contribution in [-0.2, 0) is 17.4 Å². The third-order valence-corrected chi connectivity index (χ3v) is 1.96. The van der Waals surface area contributed by atoms with Crippen molar-refractivity contribution >= 4 is 40.7 Å². The molecular formula is C8H12INO4. The lowest BCUT2D eigenvalue weighted by atomic mass is 10.1. The van der Waals surface area contributed by atoms with Crippen LogP contribution in [0.3, 0.4) is 0 Å². The average molecular weight is 313 g/mol. The van der Waals surface area contributed by atoms with Crippen LogP contribution in [0.1, 0.15) is 26.7 Å². The van der Waals surface area contributed by atoms with Crippen molar-refractivity contribution in [2.45, 2.75) is 32.7 Å². The minimum absolute atomic E-state index is 0.0263. The van der Waals surface area contributed by atoms with E-state index in [4.69, 9.17) is 0 Å². The number of hydrogen-bond donors (Lipinski definition) is 1. The summed E-state index contributed by atoms with van der Waals surface area (Å²) in [6, 6.07) is -0.728. The van der Waals surface area contributed by atoms with Gasteiger partial charge in [-0.3, -0.25) is 4.79 Å². The van der Waals surface area contributed by atoms with Crippen molar-refractivity contribution in [3.8, 4) is 0 Å². The van der Waals surface area contributed by atoms with Gasteiger partial charge in [0.2, 0.25) is 5.91 Å². The predicted molar refractivity (Wildman–Crippen MR) is 57.6 cm³/mol. The van der Waals surface area contributed by atoms with Gasteiger partial charge in [-0.1, -0.05) is 0 Å². The van der Waals surface area contributed by atoms with Gasteiger partial charge in [-0.05, 0) is 13.3 Å². The molecule has 0 aromatic heterocycles. The first-order chi connectivity index (χ1) is 6.47. The topological polar surface area (TPSA) is 72.5 Å². The fourth-order valence-electron chi connectivity index (χ4n) is 0.896. The van der Waals surface area contributed by atoms with E-state index < -0.39 is 12.0 Å². The van der Waals surface area contributed by atoms with Crippen molar-refractivity contribution < 1.29 is 17.4 Å². The second-order valence-corrected chi connectivity index (χ2v) is 3.33. The summed E-state index contributed by atoms with van der Waals surface area (Å²) in [6.07, 6.45) is 0.521. The zero-order chi connectivity index (χ0) is 11.1. The fourth-order valence-corrected chi connectivity index (χ4v) is 1.20. The van der Waals surface area contributed by atoms with Crippen molar-refractivity contribution in [2.24, 2.45) is 0 Å². The van der Waals surface area contributed by atoms with Gasteiger partial charge in [-0.15, -0.1) is 0 Å². The largest absolute Gasteiger partial charge is 0.393 e. The number of ketones is 1. The number of amides is 1. The molecule has 1 amide bonds. The van der Waals surface area contributed by atoms with Crippen LogP contribution in [0.4, 0.5) is 0 Å². The number of nitrogens with one attached hydrogen (secondary N) is 1. The van der Waals surface area contributed by atoms with E-state index in [0.717, 1.165) is 0 Å². The molecule has 5 nitrogen and oxygen atoms in total. The average Bonchev–Trinajstić information content (AvgIpc) is 2.10. The van der Waals surface area contributed by atoms with Crippen molar-refractivity contribution in [2.75, 3.05) is 0 Å². The second kappa shape index (κ2) is 6.74. The lowest BCUT2D eigenvalue weighted by Gasteiger charge is -2.13. The molecule has 0 rings (SSSR count). The van der Waals surface area contributed by atoms with Gasteiger partial charge in [0.25, 0.3) is 0 Å². The molecule has 14 heavy (non-hydrogen) atoms. The summed E-state index contributed by atoms with van der Waals surface area (Å²) in [5, 5.41) is 2.42. The summed E-state index contributed by atoms with van der Waals surface area (Å²) in [5.41, 5.74) is 0. The van der Waals surface area contributed by atoms with Crippen molar-refractivity contribution in [3.05, 3.63) is 0 Å². The summed E-state index contributed by atoms with van der Waals surface area (Å²) >= 11 is 1.45. The number of halogens is 1. The van der Waals surface area contributed by atoms with Gasteiger partial charge in [0.05, 0.1) is 0 Å². The van der Waals surface area contributed by atoms with Crippen LogP contribution in [0.5, 0.6) is 0 Å². The van der Waals surface area contributed by atoms with Crippen LogP contribution >= 0.6 is 23.0 Å². The van der Waals surface area contributed by atoms with Crippen LogP contribution in [0, 0.1) is 0 Å². The maximum absolute atomic E-state index is 11.1. The van der Waals surface area contributed by atoms with E-state index in [0.29, 0.717) is 0 Å². The summed E-state index contributed by atoms with van der Waals surface area (Å²) in [5.74, 6) is -0.885. The summed E-state index contributed by atoms with van der Waals surface area (Å²) < 4.78 is 4.45. The fraction of sp³-hybridized carbons (Fsp3) is 0.625. The molecule has 0 fully saturated rings. The van der Waals surface area contributed by atoms with E-state index in [9.17, 15) is 14.4 Å². The van der Waals surface area contributed by atoms with Crippen molar-refractivity contribution in [1.82, 2.24) is 5.32 Å². The van der Waals surface area contributed by atoms with Gasteiger partial charge >= 0.3 is 5.97 Å². The SMILES string of the molecule is CC(=O)CCC(NC(C)=O)C(=O)OI. The zero-order valence-corrected chi connectivity index (χ0v) is 10.2. The highest BCUT2D eigenvalue weighted by Gasteiger charge is 2.20. The maximum Gasteiger partial charge on any atom is 0.338 e. The Morgan fingerprint density at radius 2 is 1.93 bits per heavy atom. The van der Waals surface area contributed by atoms with E-state index in [2.05, 4.69) is 8.38 Å². The molecule has 0 aromatic carbocycles. The lowest BCUT2D eigenvalue weighted by Crippen LogP contribution is -2.40. The predicted octanol–water partition coefficient (Wildman–Crippen LogP) is 0.754. The molecular weight excluding hydrogens is 301 g/mol. The number of Topliss-reactive ketones (excluding diaryl/α,β-unsaturated/α-hetero) is 1. The standard InChI is InChI=1S/C8H12INO4/c1-5(11)3-4-7(8(13)14-9)10-6(2)12/h7H,3-4H2,1-2H3,(H,10,12). The lowest BCUT2D eigenvalue weighted by molar-refractivity contribution is -0.136. The van der Waals surface area contributed by atoms with Crippen LogP contribution in [0.15, 0.2) is 0 Å². The molecule has 6 heteroatoms. The molecule has 80 valence electrons. The smallest absolute Gasteiger partial charge is 0.338 e. The van der Waals surface area contributed by atoms with E-state index in [-0.39, 0.29) is 24.5 Å². The monoisotopic (exact) mass is 313 g/mol. The van der Waals surface area contributed by atoms with Crippen LogP contribution in [-0.4, -0.2) is 23.7 Å². The summed E-state index contributed by atoms with van der Waals surface area (Å²) in [6.45, 7) is 2.74. The minimum atomic E-state index is -0.728. The molecule has 0 aliphatic carbocycles. The number of rotatable bonds is 5. The van der Waals surface area contributed by atoms with Gasteiger partial charge in [-0.2, -0.15) is 0 Å². The van der Waals surface area contributed by atoms with Crippen molar-refractivity contribution in [1.29, 1.82) is 0 Å². The quantitative estimate of drug-likeness (QED) is 0.761. The molecule has 0 aromatic rings. The Morgan fingerprint density at radius 1 is 1.36 bits per heavy atom. The highest BCUT2D eigenvalue weighted by atomic mass is 127. The molecule has 1 atom stereocenters. The van der Waals surface area contributed by atoms with Crippen LogP contribution < -0.4 is 5.32 Å². The Kier molecular flexibility index (Phi) is 6.43. The molecule has 0 saturated heterocycles. The Morgan fingerprint density at radius 3 is 2.29 bits per heavy atom. The zero-order valence-electron chi connectivity index (χ0n) is 8.00. The van der Waals surface area contributed by atoms with E-state index >= 15 is 0 Å². The number of carbonyl (C=O) groups is 3. The minimum Gasteiger partial charge on any atom is -0.393 e. The molecule has 1 N–H and O–H groups in total. The molecule has 0 saturated carbocycles. The molecule has 0 radical (unpaired) electrons. The molecule has 0 spiro atoms. The Balaban J connectivity index is 4.17. The van der Waals surface area contributed by atoms with Gasteiger partial charge < -0.3 is 13.2 Å². The highest BCUT2D eigenvalue weighted by molar-refractivity contribution is 14.1. The molecule has 0 aliphatic heterocycles. The molecule has 0 aliphatic rings.